The molecule has 4 atom stereocenters. The average Bonchev–Trinajstić information content (AvgIpc) is 0.762. The van der Waals surface area contributed by atoms with Gasteiger partial charge in [-0.05, 0) is 87.2 Å². The number of esters is 4. The lowest BCUT2D eigenvalue weighted by atomic mass is 9.94. The zero-order valence-corrected chi connectivity index (χ0v) is 70.6. The highest BCUT2D eigenvalue weighted by Crippen LogP contribution is 2.29. The zero-order valence-electron chi connectivity index (χ0n) is 70.6. The Balaban J connectivity index is 2.20. The number of unbranched alkanes of at least 4 members (excludes halogenated alkanes) is 48. The van der Waals surface area contributed by atoms with Crippen molar-refractivity contribution in [2.24, 2.45) is 23.7 Å². The molecule has 2 aromatic heterocycles. The van der Waals surface area contributed by atoms with Crippen molar-refractivity contribution in [1.29, 1.82) is 0 Å². The van der Waals surface area contributed by atoms with Crippen LogP contribution in [0.25, 0.3) is 22.1 Å². The monoisotopic (exact) mass is 1480 g/mol. The van der Waals surface area contributed by atoms with Gasteiger partial charge in [-0.25, -0.2) is 39.1 Å². The lowest BCUT2D eigenvalue weighted by Gasteiger charge is -2.19. The van der Waals surface area contributed by atoms with Crippen molar-refractivity contribution in [2.45, 2.75) is 466 Å². The van der Waals surface area contributed by atoms with E-state index in [1.54, 1.807) is 12.1 Å². The summed E-state index contributed by atoms with van der Waals surface area (Å²) in [6.45, 7) is 19.0. The molecule has 0 N–H and O–H groups in total. The second kappa shape index (κ2) is 67.7. The third-order valence-electron chi connectivity index (χ3n) is 22.8. The van der Waals surface area contributed by atoms with Crippen molar-refractivity contribution >= 4 is 45.9 Å². The minimum atomic E-state index is -0.707. The van der Waals surface area contributed by atoms with Gasteiger partial charge >= 0.3 is 23.9 Å². The first-order valence-corrected chi connectivity index (χ1v) is 46.3. The molecule has 12 heteroatoms. The van der Waals surface area contributed by atoms with Crippen LogP contribution in [0.3, 0.4) is 0 Å². The summed E-state index contributed by atoms with van der Waals surface area (Å²) in [6.07, 6.45) is 75.7. The lowest BCUT2D eigenvalue weighted by Crippen LogP contribution is -2.23. The first-order valence-electron chi connectivity index (χ1n) is 46.3. The van der Waals surface area contributed by atoms with Crippen LogP contribution in [-0.4, -0.2) is 70.2 Å². The Bertz CT molecular complexity index is 2260. The highest BCUT2D eigenvalue weighted by atomic mass is 16.5. The molecule has 0 radical (unpaired) electrons. The molecular weight excluding hydrogens is 1310 g/mol. The van der Waals surface area contributed by atoms with Crippen LogP contribution in [0.5, 0.6) is 0 Å². The van der Waals surface area contributed by atoms with Gasteiger partial charge in [0, 0.05) is 0 Å². The first kappa shape index (κ1) is 96.0. The fourth-order valence-corrected chi connectivity index (χ4v) is 15.6. The molecule has 610 valence electrons. The van der Waals surface area contributed by atoms with Crippen molar-refractivity contribution in [3.8, 4) is 0 Å². The summed E-state index contributed by atoms with van der Waals surface area (Å²) in [4.78, 5) is 79.7. The number of nitrogens with zero attached hydrogens (tertiary/aromatic N) is 4. The fourth-order valence-electron chi connectivity index (χ4n) is 15.6. The summed E-state index contributed by atoms with van der Waals surface area (Å²) in [5.74, 6) is -2.13. The maximum atomic E-state index is 14.9. The van der Waals surface area contributed by atoms with Crippen LogP contribution in [0.15, 0.2) is 12.1 Å². The third-order valence-corrected chi connectivity index (χ3v) is 22.8. The summed E-state index contributed by atoms with van der Waals surface area (Å²) in [7, 11) is 0. The summed E-state index contributed by atoms with van der Waals surface area (Å²) < 4.78 is 25.4. The number of hydrogen-bond acceptors (Lipinski definition) is 12. The van der Waals surface area contributed by atoms with E-state index in [9.17, 15) is 19.2 Å². The Morgan fingerprint density at radius 3 is 0.462 bits per heavy atom. The Kier molecular flexibility index (Phi) is 61.3. The molecule has 0 aliphatic rings. The number of ether oxygens (including phenoxy) is 4. The molecule has 0 saturated carbocycles. The predicted octanol–water partition coefficient (Wildman–Crippen LogP) is 29.8. The molecule has 1 aromatic carbocycles. The van der Waals surface area contributed by atoms with Gasteiger partial charge in [0.2, 0.25) is 0 Å². The van der Waals surface area contributed by atoms with Crippen LogP contribution in [0.4, 0.5) is 0 Å². The lowest BCUT2D eigenvalue weighted by molar-refractivity contribution is 0.0365. The molecule has 0 aliphatic heterocycles. The highest BCUT2D eigenvalue weighted by molar-refractivity contribution is 6.05. The minimum Gasteiger partial charge on any atom is -0.461 e. The zero-order chi connectivity index (χ0) is 76.4. The molecular formula is C94H166N4O8. The average molecular weight is 1480 g/mol. The van der Waals surface area contributed by atoms with Crippen molar-refractivity contribution in [3.63, 3.8) is 0 Å². The number of carbonyl (C=O) groups excluding carboxylic acids is 4. The van der Waals surface area contributed by atoms with Crippen LogP contribution in [0, 0.1) is 23.7 Å². The van der Waals surface area contributed by atoms with Crippen LogP contribution >= 0.6 is 0 Å². The first-order chi connectivity index (χ1) is 52.1. The van der Waals surface area contributed by atoms with Gasteiger partial charge in [0.1, 0.15) is 0 Å². The topological polar surface area (TPSA) is 157 Å². The molecule has 106 heavy (non-hydrogen) atoms. The van der Waals surface area contributed by atoms with Crippen LogP contribution in [0.2, 0.25) is 0 Å². The van der Waals surface area contributed by atoms with E-state index in [1.807, 2.05) is 0 Å². The normalized spacial score (nSPS) is 12.8. The van der Waals surface area contributed by atoms with E-state index >= 15 is 0 Å². The second-order valence-corrected chi connectivity index (χ2v) is 32.8. The standard InChI is InChI=1S/C94H166N4O8/c1-9-17-25-33-41-45-53-61-69-79(65-57-49-37-29-21-13-5)75-103-91(99)87-88(92(100)104-76-80(66-58-50-38-30-22-14-6)70-62-54-46-42-34-26-18-10-2)96-84-74-86-85(73-83(84)95-87)97-89(93(101)105-77-81(67-59-51-39-31-23-15-7)71-63-55-47-43-35-27-19-11-3)90(98-86)94(102)106-78-82(68-60-52-40-32-24-16-8)72-64-56-48-44-36-28-20-12-4/h73-74,79-82H,9-72,75-78H2,1-8H3. The van der Waals surface area contributed by atoms with Gasteiger partial charge < -0.3 is 18.9 Å². The van der Waals surface area contributed by atoms with E-state index in [0.717, 1.165) is 154 Å². The summed E-state index contributed by atoms with van der Waals surface area (Å²) in [5, 5.41) is 0. The summed E-state index contributed by atoms with van der Waals surface area (Å²) in [5.41, 5.74) is 0.341. The van der Waals surface area contributed by atoms with Crippen molar-refractivity contribution in [2.75, 3.05) is 26.4 Å². The number of aromatic nitrogens is 4. The fraction of sp³-hybridized carbons (Fsp3) is 0.851. The van der Waals surface area contributed by atoms with Gasteiger partial charge in [0.25, 0.3) is 0 Å². The molecule has 0 spiro atoms. The Hall–Kier alpha value is -4.22. The maximum absolute atomic E-state index is 14.9. The molecule has 0 amide bonds. The van der Waals surface area contributed by atoms with Crippen LogP contribution in [-0.2, 0) is 18.9 Å². The van der Waals surface area contributed by atoms with E-state index in [0.29, 0.717) is 0 Å². The molecule has 2 heterocycles. The third kappa shape index (κ3) is 47.1. The molecule has 0 bridgehead atoms. The molecule has 0 saturated heterocycles. The quantitative estimate of drug-likeness (QED) is 0.0228. The van der Waals surface area contributed by atoms with Gasteiger partial charge in [0.05, 0.1) is 48.5 Å². The summed E-state index contributed by atoms with van der Waals surface area (Å²) in [6, 6.07) is 3.33. The van der Waals surface area contributed by atoms with Crippen molar-refractivity contribution < 1.29 is 38.1 Å². The van der Waals surface area contributed by atoms with Crippen LogP contribution in [0.1, 0.15) is 508 Å². The van der Waals surface area contributed by atoms with Gasteiger partial charge in [-0.2, -0.15) is 0 Å². The predicted molar refractivity (Wildman–Crippen MR) is 449 cm³/mol. The number of benzene rings is 1. The number of hydrogen-bond donors (Lipinski definition) is 0. The number of fused-ring (bicyclic) bond motifs is 2. The Morgan fingerprint density at radius 1 is 0.208 bits per heavy atom. The maximum Gasteiger partial charge on any atom is 0.359 e. The van der Waals surface area contributed by atoms with Gasteiger partial charge in [-0.15, -0.1) is 0 Å². The van der Waals surface area contributed by atoms with E-state index in [2.05, 4.69) is 55.4 Å². The molecule has 4 unspecified atom stereocenters. The summed E-state index contributed by atoms with van der Waals surface area (Å²) >= 11 is 0. The van der Waals surface area contributed by atoms with Gasteiger partial charge in [0.15, 0.2) is 22.8 Å². The SMILES string of the molecule is CCCCCCCCCCC(CCCCCCCC)COC(=O)c1nc2cc3nc(C(=O)OCC(CCCCCCCC)CCCCCCCCCC)c(C(=O)OCC(CCCCCCCC)CCCCCCCCCC)nc3cc2nc1C(=O)OCC(CCCCCCCC)CCCCCCCCCC. The molecule has 3 rings (SSSR count). The van der Waals surface area contributed by atoms with Crippen molar-refractivity contribution in [1.82, 2.24) is 19.9 Å². The minimum absolute atomic E-state index is 0.174. The molecule has 3 aromatic rings. The Morgan fingerprint density at radius 2 is 0.330 bits per heavy atom. The van der Waals surface area contributed by atoms with Gasteiger partial charge in [-0.1, -0.05) is 415 Å². The van der Waals surface area contributed by atoms with E-state index in [-0.39, 0.29) is 94.9 Å². The Labute approximate surface area is 651 Å². The van der Waals surface area contributed by atoms with E-state index in [4.69, 9.17) is 38.9 Å². The van der Waals surface area contributed by atoms with E-state index < -0.39 is 23.9 Å². The number of rotatable bonds is 76. The number of carbonyl (C=O) groups is 4. The molecule has 0 aliphatic carbocycles. The van der Waals surface area contributed by atoms with E-state index in [1.165, 1.54) is 257 Å². The largest absolute Gasteiger partial charge is 0.461 e. The molecule has 12 nitrogen and oxygen atoms in total. The van der Waals surface area contributed by atoms with Crippen LogP contribution < -0.4 is 0 Å². The second-order valence-electron chi connectivity index (χ2n) is 32.8. The van der Waals surface area contributed by atoms with Gasteiger partial charge in [-0.3, -0.25) is 0 Å². The van der Waals surface area contributed by atoms with Crippen molar-refractivity contribution in [3.05, 3.63) is 34.9 Å². The molecule has 0 fully saturated rings. The smallest absolute Gasteiger partial charge is 0.359 e. The highest BCUT2D eigenvalue weighted by Gasteiger charge is 2.30.